The lowest BCUT2D eigenvalue weighted by Crippen LogP contribution is -2.34. The van der Waals surface area contributed by atoms with Crippen molar-refractivity contribution in [1.29, 1.82) is 0 Å². The molecule has 4 rings (SSSR count). The SMILES string of the molecule is CCOC(=O)C(C(=O)OCC)C(c1ccccc1)c1ccc(Cn2c(CC)nc3c(C)c(Cl)c(C)nc32)cc1. The summed E-state index contributed by atoms with van der Waals surface area (Å²) >= 11 is 6.45. The smallest absolute Gasteiger partial charge is 0.321 e. The van der Waals surface area contributed by atoms with Gasteiger partial charge in [0, 0.05) is 12.3 Å². The highest BCUT2D eigenvalue weighted by molar-refractivity contribution is 6.32. The number of carbonyl (C=O) groups excluding carboxylic acids is 2. The van der Waals surface area contributed by atoms with Gasteiger partial charge in [-0.1, -0.05) is 73.1 Å². The summed E-state index contributed by atoms with van der Waals surface area (Å²) in [5.41, 5.74) is 6.01. The lowest BCUT2D eigenvalue weighted by Gasteiger charge is -2.25. The minimum absolute atomic E-state index is 0.173. The van der Waals surface area contributed by atoms with Gasteiger partial charge in [0.25, 0.3) is 0 Å². The molecule has 0 fully saturated rings. The highest BCUT2D eigenvalue weighted by Gasteiger charge is 2.39. The number of nitrogens with zero attached hydrogens (tertiary/aromatic N) is 3. The van der Waals surface area contributed by atoms with Gasteiger partial charge in [0.1, 0.15) is 11.3 Å². The van der Waals surface area contributed by atoms with Crippen LogP contribution in [0.25, 0.3) is 11.2 Å². The molecule has 0 saturated heterocycles. The van der Waals surface area contributed by atoms with Crippen molar-refractivity contribution in [1.82, 2.24) is 14.5 Å². The molecule has 1 atom stereocenters. The van der Waals surface area contributed by atoms with Crippen molar-refractivity contribution in [3.8, 4) is 0 Å². The molecule has 0 aliphatic rings. The van der Waals surface area contributed by atoms with Gasteiger partial charge in [-0.3, -0.25) is 9.59 Å². The van der Waals surface area contributed by atoms with Gasteiger partial charge >= 0.3 is 11.9 Å². The molecule has 2 aromatic heterocycles. The van der Waals surface area contributed by atoms with E-state index in [1.165, 1.54) is 0 Å². The van der Waals surface area contributed by atoms with E-state index in [9.17, 15) is 9.59 Å². The van der Waals surface area contributed by atoms with E-state index >= 15 is 0 Å². The Labute approximate surface area is 234 Å². The molecule has 0 aliphatic heterocycles. The van der Waals surface area contributed by atoms with Crippen molar-refractivity contribution in [3.63, 3.8) is 0 Å². The quantitative estimate of drug-likeness (QED) is 0.174. The zero-order valence-electron chi connectivity index (χ0n) is 23.0. The maximum Gasteiger partial charge on any atom is 0.321 e. The first-order valence-electron chi connectivity index (χ1n) is 13.3. The Balaban J connectivity index is 1.74. The second-order valence-electron chi connectivity index (χ2n) is 9.39. The maximum absolute atomic E-state index is 13.1. The molecule has 8 heteroatoms. The van der Waals surface area contributed by atoms with Crippen LogP contribution in [-0.2, 0) is 32.0 Å². The Hall–Kier alpha value is -3.71. The highest BCUT2D eigenvalue weighted by Crippen LogP contribution is 2.35. The van der Waals surface area contributed by atoms with Crippen molar-refractivity contribution in [3.05, 3.63) is 93.4 Å². The molecule has 0 saturated carbocycles. The molecular weight excluding hydrogens is 514 g/mol. The van der Waals surface area contributed by atoms with Crippen LogP contribution in [0, 0.1) is 19.8 Å². The van der Waals surface area contributed by atoms with Crippen molar-refractivity contribution >= 4 is 34.7 Å². The number of imidazole rings is 1. The van der Waals surface area contributed by atoms with E-state index in [0.29, 0.717) is 11.6 Å². The fourth-order valence-corrected chi connectivity index (χ4v) is 5.09. The van der Waals surface area contributed by atoms with Crippen LogP contribution in [0.15, 0.2) is 54.6 Å². The molecule has 2 heterocycles. The van der Waals surface area contributed by atoms with Gasteiger partial charge < -0.3 is 14.0 Å². The molecule has 2 aromatic carbocycles. The van der Waals surface area contributed by atoms with Gasteiger partial charge in [-0.05, 0) is 49.9 Å². The van der Waals surface area contributed by atoms with Crippen LogP contribution >= 0.6 is 11.6 Å². The van der Waals surface area contributed by atoms with Crippen LogP contribution in [0.4, 0.5) is 0 Å². The standard InChI is InChI=1S/C31H34ClN3O4/c1-6-24-34-28-19(4)27(32)20(5)33-29(28)35(24)18-21-14-16-23(17-15-21)25(22-12-10-9-11-13-22)26(30(36)38-7-2)31(37)39-8-3/h9-17,25-26H,6-8,18H2,1-5H3. The van der Waals surface area contributed by atoms with E-state index in [0.717, 1.165) is 51.4 Å². The van der Waals surface area contributed by atoms with Crippen LogP contribution in [0.1, 0.15) is 60.5 Å². The second-order valence-corrected chi connectivity index (χ2v) is 9.77. The van der Waals surface area contributed by atoms with E-state index in [-0.39, 0.29) is 13.2 Å². The Morgan fingerprint density at radius 3 is 2.03 bits per heavy atom. The lowest BCUT2D eigenvalue weighted by atomic mass is 9.80. The molecule has 204 valence electrons. The monoisotopic (exact) mass is 547 g/mol. The van der Waals surface area contributed by atoms with Crippen LogP contribution in [-0.4, -0.2) is 39.7 Å². The minimum Gasteiger partial charge on any atom is -0.465 e. The van der Waals surface area contributed by atoms with E-state index in [2.05, 4.69) is 11.5 Å². The molecule has 4 aromatic rings. The van der Waals surface area contributed by atoms with Gasteiger partial charge in [-0.15, -0.1) is 0 Å². The topological polar surface area (TPSA) is 83.3 Å². The molecule has 0 bridgehead atoms. The van der Waals surface area contributed by atoms with Crippen LogP contribution in [0.5, 0.6) is 0 Å². The van der Waals surface area contributed by atoms with Crippen molar-refractivity contribution in [2.45, 2.75) is 53.5 Å². The van der Waals surface area contributed by atoms with E-state index in [1.807, 2.05) is 68.4 Å². The number of rotatable bonds is 10. The molecule has 0 aliphatic carbocycles. The number of pyridine rings is 1. The first-order chi connectivity index (χ1) is 18.8. The van der Waals surface area contributed by atoms with Crippen molar-refractivity contribution in [2.75, 3.05) is 13.2 Å². The molecule has 0 radical (unpaired) electrons. The number of hydrogen-bond acceptors (Lipinski definition) is 6. The molecular formula is C31H34ClN3O4. The number of aryl methyl sites for hydroxylation is 3. The van der Waals surface area contributed by atoms with E-state index in [4.69, 9.17) is 31.0 Å². The predicted octanol–water partition coefficient (Wildman–Crippen LogP) is 6.19. The van der Waals surface area contributed by atoms with E-state index in [1.54, 1.807) is 13.8 Å². The fourth-order valence-electron chi connectivity index (χ4n) is 4.96. The first kappa shape index (κ1) is 28.3. The number of halogens is 1. The number of hydrogen-bond donors (Lipinski definition) is 0. The number of carbonyl (C=O) groups is 2. The third kappa shape index (κ3) is 5.83. The number of esters is 2. The summed E-state index contributed by atoms with van der Waals surface area (Å²) < 4.78 is 12.8. The Morgan fingerprint density at radius 2 is 1.46 bits per heavy atom. The summed E-state index contributed by atoms with van der Waals surface area (Å²) in [6.07, 6.45) is 0.751. The summed E-state index contributed by atoms with van der Waals surface area (Å²) in [5, 5.41) is 0.642. The predicted molar refractivity (Wildman–Crippen MR) is 152 cm³/mol. The average Bonchev–Trinajstić information content (AvgIpc) is 3.28. The Morgan fingerprint density at radius 1 is 0.872 bits per heavy atom. The third-order valence-corrected chi connectivity index (χ3v) is 7.42. The third-order valence-electron chi connectivity index (χ3n) is 6.86. The average molecular weight is 548 g/mol. The Bertz CT molecular complexity index is 1450. The molecule has 39 heavy (non-hydrogen) atoms. The summed E-state index contributed by atoms with van der Waals surface area (Å²) in [6.45, 7) is 10.3. The summed E-state index contributed by atoms with van der Waals surface area (Å²) in [4.78, 5) is 35.7. The summed E-state index contributed by atoms with van der Waals surface area (Å²) in [7, 11) is 0. The van der Waals surface area contributed by atoms with Gasteiger partial charge in [0.05, 0.1) is 30.5 Å². The Kier molecular flexibility index (Phi) is 9.02. The molecule has 1 unspecified atom stereocenters. The molecule has 0 spiro atoms. The zero-order valence-corrected chi connectivity index (χ0v) is 23.8. The van der Waals surface area contributed by atoms with Gasteiger partial charge in [0.15, 0.2) is 11.6 Å². The molecule has 0 amide bonds. The van der Waals surface area contributed by atoms with Gasteiger partial charge in [-0.25, -0.2) is 9.97 Å². The number of ether oxygens (including phenoxy) is 2. The van der Waals surface area contributed by atoms with Crippen LogP contribution in [0.3, 0.4) is 0 Å². The maximum atomic E-state index is 13.1. The number of fused-ring (bicyclic) bond motifs is 1. The van der Waals surface area contributed by atoms with Crippen LogP contribution < -0.4 is 0 Å². The highest BCUT2D eigenvalue weighted by atomic mass is 35.5. The number of aromatic nitrogens is 3. The summed E-state index contributed by atoms with van der Waals surface area (Å²) in [5.74, 6) is -1.95. The van der Waals surface area contributed by atoms with E-state index < -0.39 is 23.8 Å². The van der Waals surface area contributed by atoms with Crippen molar-refractivity contribution < 1.29 is 19.1 Å². The lowest BCUT2D eigenvalue weighted by molar-refractivity contribution is -0.162. The fraction of sp³-hybridized carbons (Fsp3) is 0.355. The zero-order chi connectivity index (χ0) is 28.1. The second kappa shape index (κ2) is 12.4. The summed E-state index contributed by atoms with van der Waals surface area (Å²) in [6, 6.07) is 17.5. The van der Waals surface area contributed by atoms with Gasteiger partial charge in [0.2, 0.25) is 0 Å². The minimum atomic E-state index is -1.12. The molecule has 0 N–H and O–H groups in total. The van der Waals surface area contributed by atoms with Gasteiger partial charge in [-0.2, -0.15) is 0 Å². The van der Waals surface area contributed by atoms with Crippen molar-refractivity contribution in [2.24, 2.45) is 5.92 Å². The largest absolute Gasteiger partial charge is 0.465 e. The number of benzene rings is 2. The first-order valence-corrected chi connectivity index (χ1v) is 13.7. The van der Waals surface area contributed by atoms with Crippen LogP contribution in [0.2, 0.25) is 5.02 Å². The molecule has 7 nitrogen and oxygen atoms in total. The normalized spacial score (nSPS) is 12.1.